The fourth-order valence-electron chi connectivity index (χ4n) is 1.34. The standard InChI is InChI=1S/C9H9NOS/c10-9(11)7-1-2-8-6(5-7)3-4-12-8/h1-2,5H,3-4H2,(H2,10,11). The zero-order valence-corrected chi connectivity index (χ0v) is 7.36. The first kappa shape index (κ1) is 7.68. The molecule has 12 heavy (non-hydrogen) atoms. The third-order valence-electron chi connectivity index (χ3n) is 1.97. The van der Waals surface area contributed by atoms with Crippen LogP contribution in [0.25, 0.3) is 0 Å². The van der Waals surface area contributed by atoms with Gasteiger partial charge in [-0.15, -0.1) is 11.8 Å². The highest BCUT2D eigenvalue weighted by atomic mass is 32.2. The van der Waals surface area contributed by atoms with Crippen LogP contribution in [0.15, 0.2) is 23.1 Å². The van der Waals surface area contributed by atoms with E-state index in [1.165, 1.54) is 10.5 Å². The Labute approximate surface area is 75.1 Å². The van der Waals surface area contributed by atoms with Crippen LogP contribution in [0.3, 0.4) is 0 Å². The highest BCUT2D eigenvalue weighted by Crippen LogP contribution is 2.31. The summed E-state index contributed by atoms with van der Waals surface area (Å²) in [5.74, 6) is 0.784. The molecule has 0 aromatic heterocycles. The highest BCUT2D eigenvalue weighted by molar-refractivity contribution is 7.99. The molecular formula is C9H9NOS. The smallest absolute Gasteiger partial charge is 0.248 e. The minimum absolute atomic E-state index is 0.338. The molecule has 2 rings (SSSR count). The Morgan fingerprint density at radius 2 is 2.33 bits per heavy atom. The molecule has 0 atom stereocenters. The number of benzene rings is 1. The summed E-state index contributed by atoms with van der Waals surface area (Å²) in [5.41, 5.74) is 7.04. The number of hydrogen-bond acceptors (Lipinski definition) is 2. The molecular weight excluding hydrogens is 170 g/mol. The molecule has 0 radical (unpaired) electrons. The van der Waals surface area contributed by atoms with Gasteiger partial charge >= 0.3 is 0 Å². The van der Waals surface area contributed by atoms with E-state index < -0.39 is 0 Å². The molecule has 0 unspecified atom stereocenters. The van der Waals surface area contributed by atoms with Gasteiger partial charge in [-0.1, -0.05) is 0 Å². The number of thioether (sulfide) groups is 1. The maximum absolute atomic E-state index is 10.8. The SMILES string of the molecule is NC(=O)c1ccc2c(c1)CCS2. The van der Waals surface area contributed by atoms with Gasteiger partial charge in [-0.3, -0.25) is 4.79 Å². The van der Waals surface area contributed by atoms with E-state index in [9.17, 15) is 4.79 Å². The quantitative estimate of drug-likeness (QED) is 0.708. The zero-order chi connectivity index (χ0) is 8.55. The molecule has 0 fully saturated rings. The Hall–Kier alpha value is -0.960. The summed E-state index contributed by atoms with van der Waals surface area (Å²) in [6.07, 6.45) is 1.06. The van der Waals surface area contributed by atoms with Crippen LogP contribution in [-0.2, 0) is 6.42 Å². The van der Waals surface area contributed by atoms with Crippen molar-refractivity contribution in [3.63, 3.8) is 0 Å². The first-order valence-electron chi connectivity index (χ1n) is 3.83. The monoisotopic (exact) mass is 179 g/mol. The van der Waals surface area contributed by atoms with Crippen LogP contribution in [0.4, 0.5) is 0 Å². The molecule has 1 aromatic rings. The number of primary amides is 1. The van der Waals surface area contributed by atoms with Crippen molar-refractivity contribution in [2.24, 2.45) is 5.73 Å². The maximum atomic E-state index is 10.8. The van der Waals surface area contributed by atoms with Gasteiger partial charge in [0.1, 0.15) is 0 Å². The van der Waals surface area contributed by atoms with Gasteiger partial charge in [0.15, 0.2) is 0 Å². The number of hydrogen-bond donors (Lipinski definition) is 1. The van der Waals surface area contributed by atoms with E-state index in [2.05, 4.69) is 0 Å². The average molecular weight is 179 g/mol. The van der Waals surface area contributed by atoms with Crippen molar-refractivity contribution in [2.75, 3.05) is 5.75 Å². The van der Waals surface area contributed by atoms with Crippen LogP contribution in [0.2, 0.25) is 0 Å². The Bertz CT molecular complexity index is 335. The minimum atomic E-state index is -0.338. The van der Waals surface area contributed by atoms with Gasteiger partial charge in [0.05, 0.1) is 0 Å². The topological polar surface area (TPSA) is 43.1 Å². The van der Waals surface area contributed by atoms with E-state index in [0.29, 0.717) is 5.56 Å². The third-order valence-corrected chi connectivity index (χ3v) is 3.09. The molecule has 1 aromatic carbocycles. The van der Waals surface area contributed by atoms with Gasteiger partial charge < -0.3 is 5.73 Å². The Morgan fingerprint density at radius 3 is 3.08 bits per heavy atom. The number of rotatable bonds is 1. The molecule has 0 spiro atoms. The van der Waals surface area contributed by atoms with Crippen LogP contribution in [0, 0.1) is 0 Å². The molecule has 2 N–H and O–H groups in total. The zero-order valence-electron chi connectivity index (χ0n) is 6.54. The average Bonchev–Trinajstić information content (AvgIpc) is 2.49. The van der Waals surface area contributed by atoms with Crippen LogP contribution in [0.5, 0.6) is 0 Å². The number of carbonyl (C=O) groups is 1. The summed E-state index contributed by atoms with van der Waals surface area (Å²) in [7, 11) is 0. The summed E-state index contributed by atoms with van der Waals surface area (Å²) in [4.78, 5) is 12.1. The van der Waals surface area contributed by atoms with E-state index >= 15 is 0 Å². The second-order valence-electron chi connectivity index (χ2n) is 2.79. The highest BCUT2D eigenvalue weighted by Gasteiger charge is 2.12. The fraction of sp³-hybridized carbons (Fsp3) is 0.222. The summed E-state index contributed by atoms with van der Waals surface area (Å²) >= 11 is 1.84. The lowest BCUT2D eigenvalue weighted by Gasteiger charge is -1.99. The molecule has 1 heterocycles. The number of carbonyl (C=O) groups excluding carboxylic acids is 1. The first-order chi connectivity index (χ1) is 5.77. The lowest BCUT2D eigenvalue weighted by molar-refractivity contribution is 0.1000. The largest absolute Gasteiger partial charge is 0.366 e. The van der Waals surface area contributed by atoms with Crippen molar-refractivity contribution in [3.05, 3.63) is 29.3 Å². The molecule has 3 heteroatoms. The second kappa shape index (κ2) is 2.83. The number of fused-ring (bicyclic) bond motifs is 1. The van der Waals surface area contributed by atoms with Crippen LogP contribution in [0.1, 0.15) is 15.9 Å². The molecule has 0 aliphatic carbocycles. The van der Waals surface area contributed by atoms with E-state index in [0.717, 1.165) is 12.2 Å². The van der Waals surface area contributed by atoms with E-state index in [-0.39, 0.29) is 5.91 Å². The van der Waals surface area contributed by atoms with Gasteiger partial charge in [0.2, 0.25) is 5.91 Å². The Balaban J connectivity index is 2.45. The molecule has 1 amide bonds. The maximum Gasteiger partial charge on any atom is 0.248 e. The number of nitrogens with two attached hydrogens (primary N) is 1. The summed E-state index contributed by atoms with van der Waals surface area (Å²) < 4.78 is 0. The predicted octanol–water partition coefficient (Wildman–Crippen LogP) is 1.43. The Morgan fingerprint density at radius 1 is 1.50 bits per heavy atom. The van der Waals surface area contributed by atoms with Crippen molar-refractivity contribution in [3.8, 4) is 0 Å². The fourth-order valence-corrected chi connectivity index (χ4v) is 2.39. The lowest BCUT2D eigenvalue weighted by Crippen LogP contribution is -2.10. The van der Waals surface area contributed by atoms with Gasteiger partial charge in [0, 0.05) is 16.2 Å². The molecule has 2 nitrogen and oxygen atoms in total. The molecule has 62 valence electrons. The van der Waals surface area contributed by atoms with Gasteiger partial charge in [-0.2, -0.15) is 0 Å². The Kier molecular flexibility index (Phi) is 1.81. The molecule has 0 saturated carbocycles. The van der Waals surface area contributed by atoms with Crippen LogP contribution < -0.4 is 5.73 Å². The lowest BCUT2D eigenvalue weighted by atomic mass is 10.1. The van der Waals surface area contributed by atoms with Crippen molar-refractivity contribution in [1.82, 2.24) is 0 Å². The summed E-state index contributed by atoms with van der Waals surface area (Å²) in [6.45, 7) is 0. The normalized spacial score (nSPS) is 14.3. The van der Waals surface area contributed by atoms with Crippen molar-refractivity contribution in [1.29, 1.82) is 0 Å². The summed E-state index contributed by atoms with van der Waals surface area (Å²) in [6, 6.07) is 5.67. The predicted molar refractivity (Wildman–Crippen MR) is 49.4 cm³/mol. The number of amides is 1. The van der Waals surface area contributed by atoms with Crippen LogP contribution in [-0.4, -0.2) is 11.7 Å². The van der Waals surface area contributed by atoms with Gasteiger partial charge in [-0.25, -0.2) is 0 Å². The summed E-state index contributed by atoms with van der Waals surface area (Å²) in [5, 5.41) is 0. The minimum Gasteiger partial charge on any atom is -0.366 e. The second-order valence-corrected chi connectivity index (χ2v) is 3.92. The molecule has 1 aliphatic rings. The van der Waals surface area contributed by atoms with Crippen molar-refractivity contribution >= 4 is 17.7 Å². The van der Waals surface area contributed by atoms with Crippen molar-refractivity contribution < 1.29 is 4.79 Å². The molecule has 0 bridgehead atoms. The van der Waals surface area contributed by atoms with Gasteiger partial charge in [0.25, 0.3) is 0 Å². The van der Waals surface area contributed by atoms with E-state index in [1.807, 2.05) is 23.9 Å². The van der Waals surface area contributed by atoms with Gasteiger partial charge in [-0.05, 0) is 30.2 Å². The van der Waals surface area contributed by atoms with Crippen LogP contribution >= 0.6 is 11.8 Å². The molecule has 1 aliphatic heterocycles. The van der Waals surface area contributed by atoms with E-state index in [4.69, 9.17) is 5.73 Å². The van der Waals surface area contributed by atoms with E-state index in [1.54, 1.807) is 6.07 Å². The number of aryl methyl sites for hydroxylation is 1. The third kappa shape index (κ3) is 1.20. The molecule has 0 saturated heterocycles. The first-order valence-corrected chi connectivity index (χ1v) is 4.81. The van der Waals surface area contributed by atoms with Crippen molar-refractivity contribution in [2.45, 2.75) is 11.3 Å².